The third-order valence-electron chi connectivity index (χ3n) is 5.68. The molecule has 0 atom stereocenters. The number of aromatic nitrogens is 2. The molecule has 0 N–H and O–H groups in total. The minimum Gasteiger partial charge on any atom is -0.356 e. The molecule has 0 bridgehead atoms. The molecule has 1 aromatic heterocycles. The Morgan fingerprint density at radius 2 is 1.75 bits per heavy atom. The number of nitrogens with zero attached hydrogens (tertiary/aromatic N) is 4. The Kier molecular flexibility index (Phi) is 5.85. The molecule has 2 saturated heterocycles. The van der Waals surface area contributed by atoms with Crippen LogP contribution in [0.1, 0.15) is 52.9 Å². The highest BCUT2D eigenvalue weighted by Gasteiger charge is 2.20. The number of benzene rings is 1. The zero-order valence-electron chi connectivity index (χ0n) is 16.8. The molecule has 0 saturated carbocycles. The normalized spacial score (nSPS) is 16.8. The van der Waals surface area contributed by atoms with Crippen LogP contribution in [0.5, 0.6) is 0 Å². The molecule has 148 valence electrons. The van der Waals surface area contributed by atoms with Crippen LogP contribution < -0.4 is 4.90 Å². The van der Waals surface area contributed by atoms with Gasteiger partial charge in [0, 0.05) is 48.8 Å². The largest absolute Gasteiger partial charge is 0.356 e. The van der Waals surface area contributed by atoms with E-state index in [9.17, 15) is 4.79 Å². The van der Waals surface area contributed by atoms with Crippen molar-refractivity contribution in [1.82, 2.24) is 14.9 Å². The van der Waals surface area contributed by atoms with Crippen molar-refractivity contribution in [2.24, 2.45) is 0 Å². The zero-order valence-corrected chi connectivity index (χ0v) is 17.6. The topological polar surface area (TPSA) is 49.3 Å². The first-order valence-electron chi connectivity index (χ1n) is 10.2. The van der Waals surface area contributed by atoms with E-state index in [0.717, 1.165) is 72.6 Å². The summed E-state index contributed by atoms with van der Waals surface area (Å²) in [6, 6.07) is 8.01. The lowest BCUT2D eigenvalue weighted by atomic mass is 10.1. The number of aryl methyl sites for hydroxylation is 1. The maximum Gasteiger partial charge on any atom is 0.253 e. The molecule has 3 heterocycles. The van der Waals surface area contributed by atoms with Crippen LogP contribution in [-0.4, -0.2) is 47.0 Å². The van der Waals surface area contributed by atoms with Crippen LogP contribution in [0, 0.1) is 13.8 Å². The van der Waals surface area contributed by atoms with Gasteiger partial charge >= 0.3 is 0 Å². The lowest BCUT2D eigenvalue weighted by molar-refractivity contribution is 0.0792. The Hall–Kier alpha value is -2.08. The summed E-state index contributed by atoms with van der Waals surface area (Å²) in [5.74, 6) is 2.01. The molecule has 0 aliphatic carbocycles. The molecule has 1 amide bonds. The van der Waals surface area contributed by atoms with Crippen molar-refractivity contribution in [1.29, 1.82) is 0 Å². The first-order chi connectivity index (χ1) is 13.6. The molecule has 0 spiro atoms. The Balaban J connectivity index is 1.47. The average molecular weight is 397 g/mol. The first-order valence-corrected chi connectivity index (χ1v) is 11.2. The predicted octanol–water partition coefficient (Wildman–Crippen LogP) is 4.22. The van der Waals surface area contributed by atoms with E-state index in [1.54, 1.807) is 11.8 Å². The summed E-state index contributed by atoms with van der Waals surface area (Å²) in [5, 5.41) is 0.821. The van der Waals surface area contributed by atoms with Crippen LogP contribution in [-0.2, 0) is 5.75 Å². The molecule has 6 heteroatoms. The number of anilines is 1. The Morgan fingerprint density at radius 1 is 1.04 bits per heavy atom. The molecule has 2 fully saturated rings. The number of carbonyl (C=O) groups excluding carboxylic acids is 1. The van der Waals surface area contributed by atoms with E-state index in [4.69, 9.17) is 9.97 Å². The van der Waals surface area contributed by atoms with Crippen LogP contribution in [0.25, 0.3) is 0 Å². The monoisotopic (exact) mass is 396 g/mol. The summed E-state index contributed by atoms with van der Waals surface area (Å²) in [5.41, 5.74) is 4.17. The maximum absolute atomic E-state index is 12.6. The van der Waals surface area contributed by atoms with Gasteiger partial charge in [-0.05, 0) is 57.2 Å². The van der Waals surface area contributed by atoms with Crippen molar-refractivity contribution < 1.29 is 4.79 Å². The second-order valence-corrected chi connectivity index (χ2v) is 8.67. The molecule has 5 nitrogen and oxygen atoms in total. The maximum atomic E-state index is 12.6. The zero-order chi connectivity index (χ0) is 19.5. The van der Waals surface area contributed by atoms with E-state index in [0.29, 0.717) is 0 Å². The van der Waals surface area contributed by atoms with E-state index in [2.05, 4.69) is 24.8 Å². The van der Waals surface area contributed by atoms with Gasteiger partial charge in [0.15, 0.2) is 5.16 Å². The molecule has 2 aromatic rings. The number of carbonyl (C=O) groups is 1. The van der Waals surface area contributed by atoms with E-state index in [1.807, 2.05) is 23.1 Å². The van der Waals surface area contributed by atoms with Gasteiger partial charge in [-0.15, -0.1) is 0 Å². The second kappa shape index (κ2) is 8.52. The van der Waals surface area contributed by atoms with Crippen LogP contribution in [0.3, 0.4) is 0 Å². The summed E-state index contributed by atoms with van der Waals surface area (Å²) in [6.07, 6.45) is 4.71. The summed E-state index contributed by atoms with van der Waals surface area (Å²) in [6.45, 7) is 8.12. The van der Waals surface area contributed by atoms with Gasteiger partial charge in [-0.1, -0.05) is 23.9 Å². The molecule has 28 heavy (non-hydrogen) atoms. The lowest BCUT2D eigenvalue weighted by Gasteiger charge is -2.20. The molecule has 0 unspecified atom stereocenters. The van der Waals surface area contributed by atoms with Crippen LogP contribution in [0.2, 0.25) is 0 Å². The van der Waals surface area contributed by atoms with Gasteiger partial charge in [0.1, 0.15) is 5.82 Å². The molecular weight excluding hydrogens is 368 g/mol. The molecule has 0 radical (unpaired) electrons. The Morgan fingerprint density at radius 3 is 2.50 bits per heavy atom. The fraction of sp³-hybridized carbons (Fsp3) is 0.500. The molecule has 2 aliphatic heterocycles. The molecule has 2 aliphatic rings. The smallest absolute Gasteiger partial charge is 0.253 e. The molecule has 1 aromatic carbocycles. The van der Waals surface area contributed by atoms with Gasteiger partial charge in [-0.25, -0.2) is 9.97 Å². The van der Waals surface area contributed by atoms with Gasteiger partial charge in [-0.3, -0.25) is 4.79 Å². The summed E-state index contributed by atoms with van der Waals surface area (Å²) in [4.78, 5) is 26.5. The van der Waals surface area contributed by atoms with Crippen LogP contribution in [0.4, 0.5) is 5.82 Å². The predicted molar refractivity (Wildman–Crippen MR) is 114 cm³/mol. The van der Waals surface area contributed by atoms with Crippen molar-refractivity contribution >= 4 is 23.5 Å². The third kappa shape index (κ3) is 4.17. The first kappa shape index (κ1) is 19.2. The Bertz CT molecular complexity index is 858. The summed E-state index contributed by atoms with van der Waals surface area (Å²) in [7, 11) is 0. The number of rotatable bonds is 5. The quantitative estimate of drug-likeness (QED) is 0.559. The third-order valence-corrected chi connectivity index (χ3v) is 6.60. The standard InChI is InChI=1S/C22H28N4OS/c1-16-17(2)23-22(24-20(16)25-10-3-4-11-25)28-15-18-8-7-9-19(14-18)21(27)26-12-5-6-13-26/h7-9,14H,3-6,10-13,15H2,1-2H3. The van der Waals surface area contributed by atoms with Gasteiger partial charge in [-0.2, -0.15) is 0 Å². The van der Waals surface area contributed by atoms with E-state index in [1.165, 1.54) is 18.4 Å². The highest BCUT2D eigenvalue weighted by atomic mass is 32.2. The van der Waals surface area contributed by atoms with Crippen molar-refractivity contribution in [2.75, 3.05) is 31.1 Å². The summed E-state index contributed by atoms with van der Waals surface area (Å²) >= 11 is 1.65. The highest BCUT2D eigenvalue weighted by molar-refractivity contribution is 7.98. The van der Waals surface area contributed by atoms with Crippen molar-refractivity contribution in [3.63, 3.8) is 0 Å². The average Bonchev–Trinajstić information content (AvgIpc) is 3.42. The Labute approximate surface area is 171 Å². The minimum atomic E-state index is 0.156. The SMILES string of the molecule is Cc1nc(SCc2cccc(C(=O)N3CCCC3)c2)nc(N2CCCC2)c1C. The summed E-state index contributed by atoms with van der Waals surface area (Å²) < 4.78 is 0. The van der Waals surface area contributed by atoms with E-state index >= 15 is 0 Å². The second-order valence-electron chi connectivity index (χ2n) is 7.72. The highest BCUT2D eigenvalue weighted by Crippen LogP contribution is 2.28. The lowest BCUT2D eigenvalue weighted by Crippen LogP contribution is -2.27. The van der Waals surface area contributed by atoms with Crippen LogP contribution >= 0.6 is 11.8 Å². The van der Waals surface area contributed by atoms with Crippen molar-refractivity contribution in [2.45, 2.75) is 50.4 Å². The minimum absolute atomic E-state index is 0.156. The van der Waals surface area contributed by atoms with Crippen molar-refractivity contribution in [3.8, 4) is 0 Å². The van der Waals surface area contributed by atoms with Crippen molar-refractivity contribution in [3.05, 3.63) is 46.6 Å². The van der Waals surface area contributed by atoms with Gasteiger partial charge in [0.25, 0.3) is 5.91 Å². The van der Waals surface area contributed by atoms with Gasteiger partial charge < -0.3 is 9.80 Å². The number of hydrogen-bond donors (Lipinski definition) is 0. The van der Waals surface area contributed by atoms with E-state index < -0.39 is 0 Å². The van der Waals surface area contributed by atoms with E-state index in [-0.39, 0.29) is 5.91 Å². The number of hydrogen-bond acceptors (Lipinski definition) is 5. The number of likely N-dealkylation sites (tertiary alicyclic amines) is 1. The fourth-order valence-corrected chi connectivity index (χ4v) is 4.76. The fourth-order valence-electron chi connectivity index (χ4n) is 3.93. The van der Waals surface area contributed by atoms with Gasteiger partial charge in [0.2, 0.25) is 0 Å². The number of thioether (sulfide) groups is 1. The van der Waals surface area contributed by atoms with Crippen LogP contribution in [0.15, 0.2) is 29.4 Å². The number of amides is 1. The molecule has 4 rings (SSSR count). The molecular formula is C22H28N4OS. The van der Waals surface area contributed by atoms with Gasteiger partial charge in [0.05, 0.1) is 0 Å².